The van der Waals surface area contributed by atoms with Gasteiger partial charge in [-0.1, -0.05) is 0 Å². The number of hydrogen-bond acceptors (Lipinski definition) is 4. The third kappa shape index (κ3) is 6.38. The van der Waals surface area contributed by atoms with Crippen LogP contribution in [0.1, 0.15) is 20.3 Å². The quantitative estimate of drug-likeness (QED) is 0.455. The topological polar surface area (TPSA) is 107 Å². The van der Waals surface area contributed by atoms with Crippen LogP contribution in [0.4, 0.5) is 0 Å². The monoisotopic (exact) mass is 205 g/mol. The second kappa shape index (κ2) is 4.92. The molecular formula is C8H15NO5. The number of nitrogens with one attached hydrogen (secondary N) is 1. The van der Waals surface area contributed by atoms with Crippen molar-refractivity contribution in [2.24, 2.45) is 0 Å². The molecule has 0 aromatic rings. The van der Waals surface area contributed by atoms with Crippen molar-refractivity contribution in [1.82, 2.24) is 5.32 Å². The molecule has 0 aliphatic carbocycles. The molecule has 82 valence electrons. The molecule has 0 amide bonds. The van der Waals surface area contributed by atoms with E-state index in [2.05, 4.69) is 5.32 Å². The molecule has 0 fully saturated rings. The molecular weight excluding hydrogens is 190 g/mol. The van der Waals surface area contributed by atoms with E-state index in [1.165, 1.54) is 13.8 Å². The number of carbonyl (C=O) groups is 2. The maximum absolute atomic E-state index is 10.5. The van der Waals surface area contributed by atoms with E-state index in [0.29, 0.717) is 0 Å². The zero-order valence-electron chi connectivity index (χ0n) is 8.15. The fourth-order valence-electron chi connectivity index (χ4n) is 0.794. The summed E-state index contributed by atoms with van der Waals surface area (Å²) >= 11 is 0. The molecule has 4 N–H and O–H groups in total. The van der Waals surface area contributed by atoms with E-state index in [1.807, 2.05) is 0 Å². The summed E-state index contributed by atoms with van der Waals surface area (Å²) in [5.41, 5.74) is -1.06. The summed E-state index contributed by atoms with van der Waals surface area (Å²) in [5.74, 6) is -2.43. The molecule has 0 saturated heterocycles. The molecule has 0 spiro atoms. The second-order valence-electron chi connectivity index (χ2n) is 3.68. The Balaban J connectivity index is 4.11. The first kappa shape index (κ1) is 12.9. The Kier molecular flexibility index (Phi) is 4.52. The number of hydrogen-bond donors (Lipinski definition) is 4. The normalized spacial score (nSPS) is 13.6. The lowest BCUT2D eigenvalue weighted by atomic mass is 10.1. The number of carboxylic acid groups (broad SMARTS) is 2. The third-order valence-electron chi connectivity index (χ3n) is 1.46. The maximum Gasteiger partial charge on any atom is 0.321 e. The minimum absolute atomic E-state index is 0.0250. The van der Waals surface area contributed by atoms with E-state index in [0.717, 1.165) is 0 Å². The van der Waals surface area contributed by atoms with Crippen molar-refractivity contribution < 1.29 is 24.9 Å². The summed E-state index contributed by atoms with van der Waals surface area (Å²) in [7, 11) is 0. The van der Waals surface area contributed by atoms with Gasteiger partial charge in [-0.15, -0.1) is 0 Å². The molecule has 0 saturated carbocycles. The first-order valence-corrected chi connectivity index (χ1v) is 4.13. The van der Waals surface area contributed by atoms with Gasteiger partial charge in [0.2, 0.25) is 0 Å². The summed E-state index contributed by atoms with van der Waals surface area (Å²) in [4.78, 5) is 20.8. The van der Waals surface area contributed by atoms with Crippen molar-refractivity contribution in [2.75, 3.05) is 6.54 Å². The van der Waals surface area contributed by atoms with Crippen molar-refractivity contribution >= 4 is 11.9 Å². The summed E-state index contributed by atoms with van der Waals surface area (Å²) < 4.78 is 0. The van der Waals surface area contributed by atoms with Gasteiger partial charge in [-0.2, -0.15) is 0 Å². The summed E-state index contributed by atoms with van der Waals surface area (Å²) in [6.07, 6.45) is -0.509. The SMILES string of the molecule is CC(C)(O)CN[C@@H](CC(=O)O)C(=O)O. The first-order valence-electron chi connectivity index (χ1n) is 4.13. The van der Waals surface area contributed by atoms with Crippen molar-refractivity contribution in [3.63, 3.8) is 0 Å². The predicted molar refractivity (Wildman–Crippen MR) is 48.0 cm³/mol. The molecule has 0 aliphatic heterocycles. The molecule has 0 unspecified atom stereocenters. The third-order valence-corrected chi connectivity index (χ3v) is 1.46. The fraction of sp³-hybridized carbons (Fsp3) is 0.750. The fourth-order valence-corrected chi connectivity index (χ4v) is 0.794. The lowest BCUT2D eigenvalue weighted by Gasteiger charge is -2.20. The van der Waals surface area contributed by atoms with Gasteiger partial charge in [-0.25, -0.2) is 0 Å². The van der Waals surface area contributed by atoms with Crippen molar-refractivity contribution in [3.05, 3.63) is 0 Å². The predicted octanol–water partition coefficient (Wildman–Crippen LogP) is -0.725. The van der Waals surface area contributed by atoms with Gasteiger partial charge >= 0.3 is 11.9 Å². The average Bonchev–Trinajstić information content (AvgIpc) is 1.94. The average molecular weight is 205 g/mol. The van der Waals surface area contributed by atoms with Crippen LogP contribution in [0, 0.1) is 0 Å². The van der Waals surface area contributed by atoms with Crippen LogP contribution < -0.4 is 5.32 Å². The van der Waals surface area contributed by atoms with E-state index in [4.69, 9.17) is 10.2 Å². The number of rotatable bonds is 6. The van der Waals surface area contributed by atoms with Gasteiger partial charge in [0.1, 0.15) is 6.04 Å². The minimum atomic E-state index is -1.24. The Morgan fingerprint density at radius 1 is 1.36 bits per heavy atom. The van der Waals surface area contributed by atoms with Crippen LogP contribution in [0.25, 0.3) is 0 Å². The molecule has 0 radical (unpaired) electrons. The lowest BCUT2D eigenvalue weighted by molar-refractivity contribution is -0.146. The molecule has 1 atom stereocenters. The van der Waals surface area contributed by atoms with Gasteiger partial charge in [0, 0.05) is 6.54 Å². The molecule has 6 nitrogen and oxygen atoms in total. The summed E-state index contributed by atoms with van der Waals surface area (Å²) in [5, 5.41) is 28.7. The van der Waals surface area contributed by atoms with Crippen molar-refractivity contribution in [3.8, 4) is 0 Å². The Labute approximate surface area is 81.5 Å². The molecule has 14 heavy (non-hydrogen) atoms. The highest BCUT2D eigenvalue weighted by molar-refractivity contribution is 5.80. The Morgan fingerprint density at radius 3 is 2.14 bits per heavy atom. The Morgan fingerprint density at radius 2 is 1.86 bits per heavy atom. The van der Waals surface area contributed by atoms with Crippen molar-refractivity contribution in [1.29, 1.82) is 0 Å². The molecule has 0 aliphatic rings. The van der Waals surface area contributed by atoms with Crippen LogP contribution in [0.2, 0.25) is 0 Å². The van der Waals surface area contributed by atoms with Crippen LogP contribution in [0.5, 0.6) is 0 Å². The van der Waals surface area contributed by atoms with E-state index in [9.17, 15) is 14.7 Å². The second-order valence-corrected chi connectivity index (χ2v) is 3.68. The Hall–Kier alpha value is -1.14. The molecule has 0 aromatic heterocycles. The highest BCUT2D eigenvalue weighted by Crippen LogP contribution is 2.00. The van der Waals surface area contributed by atoms with Crippen LogP contribution in [0.15, 0.2) is 0 Å². The van der Waals surface area contributed by atoms with Gasteiger partial charge < -0.3 is 20.6 Å². The van der Waals surface area contributed by atoms with Crippen LogP contribution in [-0.4, -0.2) is 45.4 Å². The van der Waals surface area contributed by atoms with E-state index in [-0.39, 0.29) is 6.54 Å². The summed E-state index contributed by atoms with van der Waals surface area (Å²) in [6.45, 7) is 3.02. The molecule has 0 aromatic carbocycles. The maximum atomic E-state index is 10.5. The van der Waals surface area contributed by atoms with Crippen LogP contribution >= 0.6 is 0 Å². The highest BCUT2D eigenvalue weighted by Gasteiger charge is 2.23. The molecule has 6 heteroatoms. The van der Waals surface area contributed by atoms with Gasteiger partial charge in [0.05, 0.1) is 12.0 Å². The lowest BCUT2D eigenvalue weighted by Crippen LogP contribution is -2.45. The van der Waals surface area contributed by atoms with Crippen LogP contribution in [-0.2, 0) is 9.59 Å². The number of aliphatic hydroxyl groups is 1. The van der Waals surface area contributed by atoms with Crippen molar-refractivity contribution in [2.45, 2.75) is 31.9 Å². The standard InChI is InChI=1S/C8H15NO5/c1-8(2,14)4-9-5(7(12)13)3-6(10)11/h5,9,14H,3-4H2,1-2H3,(H,10,11)(H,12,13)/t5-/m0/s1. The molecule has 0 bridgehead atoms. The van der Waals surface area contributed by atoms with E-state index < -0.39 is 30.0 Å². The molecule has 0 heterocycles. The minimum Gasteiger partial charge on any atom is -0.481 e. The molecule has 0 rings (SSSR count). The smallest absolute Gasteiger partial charge is 0.321 e. The van der Waals surface area contributed by atoms with Gasteiger partial charge in [0.15, 0.2) is 0 Å². The van der Waals surface area contributed by atoms with Gasteiger partial charge in [-0.05, 0) is 13.8 Å². The van der Waals surface area contributed by atoms with E-state index in [1.54, 1.807) is 0 Å². The first-order chi connectivity index (χ1) is 6.22. The number of carboxylic acids is 2. The Bertz CT molecular complexity index is 220. The van der Waals surface area contributed by atoms with Gasteiger partial charge in [-0.3, -0.25) is 9.59 Å². The van der Waals surface area contributed by atoms with Gasteiger partial charge in [0.25, 0.3) is 0 Å². The zero-order chi connectivity index (χ0) is 11.4. The highest BCUT2D eigenvalue weighted by atomic mass is 16.4. The van der Waals surface area contributed by atoms with Crippen LogP contribution in [0.3, 0.4) is 0 Å². The zero-order valence-corrected chi connectivity index (χ0v) is 8.15. The van der Waals surface area contributed by atoms with E-state index >= 15 is 0 Å². The number of aliphatic carboxylic acids is 2. The largest absolute Gasteiger partial charge is 0.481 e. The summed E-state index contributed by atoms with van der Waals surface area (Å²) in [6, 6.07) is -1.17.